The van der Waals surface area contributed by atoms with Gasteiger partial charge in [-0.1, -0.05) is 50.3 Å². The third-order valence-electron chi connectivity index (χ3n) is 3.42. The molecule has 0 radical (unpaired) electrons. The number of rotatable bonds is 11. The summed E-state index contributed by atoms with van der Waals surface area (Å²) in [7, 11) is -3.60. The molecule has 0 aliphatic carbocycles. The molecule has 0 saturated carbocycles. The summed E-state index contributed by atoms with van der Waals surface area (Å²) in [6, 6.07) is 6.27. The summed E-state index contributed by atoms with van der Waals surface area (Å²) in [5, 5.41) is 0. The Labute approximate surface area is 133 Å². The van der Waals surface area contributed by atoms with Crippen LogP contribution in [0.25, 0.3) is 0 Å². The predicted molar refractivity (Wildman–Crippen MR) is 86.1 cm³/mol. The van der Waals surface area contributed by atoms with E-state index >= 15 is 0 Å². The van der Waals surface area contributed by atoms with E-state index in [0.29, 0.717) is 12.9 Å². The van der Waals surface area contributed by atoms with Gasteiger partial charge in [0.1, 0.15) is 6.61 Å². The maximum absolute atomic E-state index is 12.4. The molecular formula is C16H25NO4S. The fraction of sp³-hybridized carbons (Fsp3) is 0.562. The maximum Gasteiger partial charge on any atom is 0.293 e. The van der Waals surface area contributed by atoms with Crippen LogP contribution < -0.4 is 4.72 Å². The van der Waals surface area contributed by atoms with E-state index in [9.17, 15) is 13.2 Å². The monoisotopic (exact) mass is 327 g/mol. The number of unbranched alkanes of at least 4 members (excludes halogenated alkanes) is 3. The highest BCUT2D eigenvalue weighted by atomic mass is 32.2. The Hall–Kier alpha value is -1.40. The van der Waals surface area contributed by atoms with Gasteiger partial charge in [-0.2, -0.15) is 0 Å². The summed E-state index contributed by atoms with van der Waals surface area (Å²) >= 11 is 0. The van der Waals surface area contributed by atoms with E-state index < -0.39 is 16.1 Å². The Morgan fingerprint density at radius 3 is 2.45 bits per heavy atom. The molecule has 1 rings (SSSR count). The Morgan fingerprint density at radius 2 is 1.86 bits per heavy atom. The quantitative estimate of drug-likeness (QED) is 0.501. The molecule has 1 atom stereocenters. The van der Waals surface area contributed by atoms with Gasteiger partial charge < -0.3 is 4.74 Å². The highest BCUT2D eigenvalue weighted by Gasteiger charge is 2.20. The minimum atomic E-state index is -3.60. The number of aryl methyl sites for hydroxylation is 1. The van der Waals surface area contributed by atoms with Crippen LogP contribution in [0, 0.1) is 6.92 Å². The second-order valence-electron chi connectivity index (χ2n) is 5.41. The smallest absolute Gasteiger partial charge is 0.293 e. The van der Waals surface area contributed by atoms with Gasteiger partial charge >= 0.3 is 0 Å². The lowest BCUT2D eigenvalue weighted by Crippen LogP contribution is -2.38. The van der Waals surface area contributed by atoms with Crippen molar-refractivity contribution in [2.75, 3.05) is 6.61 Å². The summed E-state index contributed by atoms with van der Waals surface area (Å²) in [5.41, 5.74) is 0.999. The second-order valence-corrected chi connectivity index (χ2v) is 7.12. The zero-order chi connectivity index (χ0) is 16.4. The number of ether oxygens (including phenoxy) is 1. The normalized spacial score (nSPS) is 12.8. The highest BCUT2D eigenvalue weighted by molar-refractivity contribution is 7.89. The third-order valence-corrected chi connectivity index (χ3v) is 4.96. The number of carbonyl (C=O) groups is 1. The van der Waals surface area contributed by atoms with Crippen molar-refractivity contribution < 1.29 is 17.9 Å². The number of hydrogen-bond donors (Lipinski definition) is 1. The van der Waals surface area contributed by atoms with Gasteiger partial charge in [-0.15, -0.1) is 0 Å². The number of nitrogens with one attached hydrogen (secondary N) is 1. The standard InChI is InChI=1S/C16H25NO4S/c1-3-4-5-6-7-15(12-21-13-18)17-22(19,20)16-10-8-14(2)9-11-16/h8-11,13,15,17H,3-7,12H2,1-2H3/t15-/m1/s1. The van der Waals surface area contributed by atoms with Gasteiger partial charge in [0.15, 0.2) is 0 Å². The summed E-state index contributed by atoms with van der Waals surface area (Å²) in [6.07, 6.45) is 4.83. The highest BCUT2D eigenvalue weighted by Crippen LogP contribution is 2.13. The zero-order valence-electron chi connectivity index (χ0n) is 13.2. The van der Waals surface area contributed by atoms with E-state index in [0.717, 1.165) is 31.2 Å². The van der Waals surface area contributed by atoms with Crippen molar-refractivity contribution in [1.82, 2.24) is 4.72 Å². The Kier molecular flexibility index (Phi) is 8.12. The first-order valence-electron chi connectivity index (χ1n) is 7.64. The van der Waals surface area contributed by atoms with Gasteiger partial charge in [0.05, 0.1) is 10.9 Å². The Balaban J connectivity index is 2.69. The third kappa shape index (κ3) is 6.58. The van der Waals surface area contributed by atoms with Crippen LogP contribution >= 0.6 is 0 Å². The van der Waals surface area contributed by atoms with E-state index in [1.165, 1.54) is 0 Å². The van der Waals surface area contributed by atoms with Gasteiger partial charge in [-0.05, 0) is 25.5 Å². The molecule has 5 nitrogen and oxygen atoms in total. The lowest BCUT2D eigenvalue weighted by molar-refractivity contribution is -0.129. The zero-order valence-corrected chi connectivity index (χ0v) is 14.1. The average Bonchev–Trinajstić information content (AvgIpc) is 2.49. The molecule has 1 N–H and O–H groups in total. The van der Waals surface area contributed by atoms with Crippen LogP contribution in [0.2, 0.25) is 0 Å². The van der Waals surface area contributed by atoms with Crippen LogP contribution in [0.15, 0.2) is 29.2 Å². The van der Waals surface area contributed by atoms with Gasteiger partial charge in [0, 0.05) is 0 Å². The molecule has 0 fully saturated rings. The number of hydrogen-bond acceptors (Lipinski definition) is 4. The van der Waals surface area contributed by atoms with Crippen LogP contribution in [0.1, 0.15) is 44.6 Å². The largest absolute Gasteiger partial charge is 0.466 e. The van der Waals surface area contributed by atoms with E-state index in [2.05, 4.69) is 11.6 Å². The van der Waals surface area contributed by atoms with Crippen molar-refractivity contribution in [3.05, 3.63) is 29.8 Å². The van der Waals surface area contributed by atoms with Crippen LogP contribution in [0.5, 0.6) is 0 Å². The second kappa shape index (κ2) is 9.58. The van der Waals surface area contributed by atoms with E-state index in [4.69, 9.17) is 4.74 Å². The van der Waals surface area contributed by atoms with Crippen LogP contribution in [-0.4, -0.2) is 27.5 Å². The SMILES string of the molecule is CCCCCC[C@H](COC=O)NS(=O)(=O)c1ccc(C)cc1. The first-order chi connectivity index (χ1) is 10.5. The Morgan fingerprint density at radius 1 is 1.18 bits per heavy atom. The molecule has 22 heavy (non-hydrogen) atoms. The first-order valence-corrected chi connectivity index (χ1v) is 9.12. The number of carbonyl (C=O) groups excluding carboxylic acids is 1. The van der Waals surface area contributed by atoms with Crippen LogP contribution in [0.4, 0.5) is 0 Å². The molecule has 6 heteroatoms. The van der Waals surface area contributed by atoms with E-state index in [1.807, 2.05) is 6.92 Å². The number of benzene rings is 1. The van der Waals surface area contributed by atoms with Crippen LogP contribution in [0.3, 0.4) is 0 Å². The van der Waals surface area contributed by atoms with E-state index in [1.54, 1.807) is 24.3 Å². The fourth-order valence-electron chi connectivity index (χ4n) is 2.15. The summed E-state index contributed by atoms with van der Waals surface area (Å²) in [4.78, 5) is 10.6. The average molecular weight is 327 g/mol. The van der Waals surface area contributed by atoms with Crippen molar-refractivity contribution in [2.45, 2.75) is 56.9 Å². The summed E-state index contributed by atoms with van der Waals surface area (Å²) in [6.45, 7) is 4.42. The molecule has 0 amide bonds. The van der Waals surface area contributed by atoms with E-state index in [-0.39, 0.29) is 11.5 Å². The molecule has 0 heterocycles. The molecule has 0 aliphatic rings. The minimum absolute atomic E-state index is 0.0563. The van der Waals surface area contributed by atoms with Crippen molar-refractivity contribution in [3.8, 4) is 0 Å². The molecule has 0 spiro atoms. The Bertz CT molecular complexity index is 540. The topological polar surface area (TPSA) is 72.5 Å². The molecule has 0 aromatic heterocycles. The molecule has 0 aliphatic heterocycles. The van der Waals surface area contributed by atoms with Crippen molar-refractivity contribution in [3.63, 3.8) is 0 Å². The van der Waals surface area contributed by atoms with Gasteiger partial charge in [0.25, 0.3) is 6.47 Å². The molecule has 1 aromatic carbocycles. The van der Waals surface area contributed by atoms with Gasteiger partial charge in [0.2, 0.25) is 10.0 Å². The molecule has 0 saturated heterocycles. The van der Waals surface area contributed by atoms with Crippen LogP contribution in [-0.2, 0) is 19.6 Å². The minimum Gasteiger partial charge on any atom is -0.466 e. The van der Waals surface area contributed by atoms with Gasteiger partial charge in [-0.3, -0.25) is 4.79 Å². The molecule has 0 unspecified atom stereocenters. The summed E-state index contributed by atoms with van der Waals surface area (Å²) in [5.74, 6) is 0. The fourth-order valence-corrected chi connectivity index (χ4v) is 3.41. The molecule has 1 aromatic rings. The number of sulfonamides is 1. The van der Waals surface area contributed by atoms with Gasteiger partial charge in [-0.25, -0.2) is 13.1 Å². The van der Waals surface area contributed by atoms with Crippen molar-refractivity contribution in [1.29, 1.82) is 0 Å². The first kappa shape index (κ1) is 18.6. The molecule has 124 valence electrons. The lowest BCUT2D eigenvalue weighted by atomic mass is 10.1. The predicted octanol–water partition coefficient (Wildman–Crippen LogP) is 2.79. The van der Waals surface area contributed by atoms with Crippen molar-refractivity contribution in [2.24, 2.45) is 0 Å². The molecule has 0 bridgehead atoms. The molecular weight excluding hydrogens is 302 g/mol. The maximum atomic E-state index is 12.4. The van der Waals surface area contributed by atoms with Crippen molar-refractivity contribution >= 4 is 16.5 Å². The lowest BCUT2D eigenvalue weighted by Gasteiger charge is -2.18. The summed E-state index contributed by atoms with van der Waals surface area (Å²) < 4.78 is 32.1.